The van der Waals surface area contributed by atoms with E-state index >= 15 is 0 Å². The third-order valence-electron chi connectivity index (χ3n) is 9.87. The lowest BCUT2D eigenvalue weighted by molar-refractivity contribution is 0.264. The largest absolute Gasteiger partial charge is 0.0993 e. The minimum Gasteiger partial charge on any atom is -0.0993 e. The van der Waals surface area contributed by atoms with Gasteiger partial charge in [0.15, 0.2) is 0 Å². The maximum absolute atomic E-state index is 4.99. The van der Waals surface area contributed by atoms with Crippen molar-refractivity contribution in [3.05, 3.63) is 12.2 Å². The zero-order chi connectivity index (χ0) is 27.3. The van der Waals surface area contributed by atoms with E-state index in [1.807, 2.05) is 0 Å². The molecule has 4 atom stereocenters. The Bertz CT molecular complexity index is 500. The lowest BCUT2D eigenvalue weighted by Gasteiger charge is -2.34. The summed E-state index contributed by atoms with van der Waals surface area (Å²) in [5.74, 6) is 5.13. The van der Waals surface area contributed by atoms with Gasteiger partial charge in [0, 0.05) is 0 Å². The number of rotatable bonds is 19. The summed E-state index contributed by atoms with van der Waals surface area (Å²) >= 11 is 0. The topological polar surface area (TPSA) is 0 Å². The molecule has 1 saturated carbocycles. The first-order valence-electron chi connectivity index (χ1n) is 17.6. The van der Waals surface area contributed by atoms with Gasteiger partial charge in [-0.05, 0) is 67.6 Å². The molecule has 0 aromatic carbocycles. The van der Waals surface area contributed by atoms with E-state index in [9.17, 15) is 0 Å². The Balaban J connectivity index is 2.90. The summed E-state index contributed by atoms with van der Waals surface area (Å²) in [6.07, 6.45) is 32.8. The quantitative estimate of drug-likeness (QED) is 0.118. The molecular weight excluding hydrogens is 444 g/mol. The Morgan fingerprint density at radius 2 is 1.08 bits per heavy atom. The molecule has 0 heterocycles. The summed E-state index contributed by atoms with van der Waals surface area (Å²) < 4.78 is 0. The molecule has 0 spiro atoms. The van der Waals surface area contributed by atoms with Gasteiger partial charge < -0.3 is 0 Å². The van der Waals surface area contributed by atoms with Crippen LogP contribution in [0.4, 0.5) is 0 Å². The molecule has 37 heavy (non-hydrogen) atoms. The summed E-state index contributed by atoms with van der Waals surface area (Å²) in [6.45, 7) is 19.5. The fourth-order valence-corrected chi connectivity index (χ4v) is 7.12. The molecule has 0 radical (unpaired) electrons. The van der Waals surface area contributed by atoms with E-state index in [0.717, 1.165) is 35.5 Å². The van der Waals surface area contributed by atoms with E-state index < -0.39 is 0 Å². The minimum atomic E-state index is 0.784. The molecule has 1 aliphatic rings. The van der Waals surface area contributed by atoms with Crippen molar-refractivity contribution in [3.63, 3.8) is 0 Å². The predicted octanol–water partition coefficient (Wildman–Crippen LogP) is 13.3. The molecule has 0 heteroatoms. The zero-order valence-electron chi connectivity index (χ0n) is 26.9. The van der Waals surface area contributed by atoms with Crippen LogP contribution in [0, 0.1) is 35.5 Å². The lowest BCUT2D eigenvalue weighted by Crippen LogP contribution is -2.22. The number of hydrogen-bond donors (Lipinski definition) is 0. The molecular formula is C37H72. The highest BCUT2D eigenvalue weighted by molar-refractivity contribution is 5.08. The van der Waals surface area contributed by atoms with Crippen molar-refractivity contribution < 1.29 is 0 Å². The van der Waals surface area contributed by atoms with Crippen molar-refractivity contribution in [2.75, 3.05) is 0 Å². The van der Waals surface area contributed by atoms with Gasteiger partial charge >= 0.3 is 0 Å². The van der Waals surface area contributed by atoms with Crippen LogP contribution in [0.25, 0.3) is 0 Å². The van der Waals surface area contributed by atoms with Gasteiger partial charge in [0.25, 0.3) is 0 Å². The summed E-state index contributed by atoms with van der Waals surface area (Å²) in [5.41, 5.74) is 1.70. The Morgan fingerprint density at radius 3 is 1.65 bits per heavy atom. The van der Waals surface area contributed by atoms with Crippen LogP contribution in [0.3, 0.4) is 0 Å². The summed E-state index contributed by atoms with van der Waals surface area (Å²) in [7, 11) is 0. The second kappa shape index (κ2) is 22.5. The van der Waals surface area contributed by atoms with E-state index in [0.29, 0.717) is 0 Å². The van der Waals surface area contributed by atoms with Gasteiger partial charge in [-0.15, -0.1) is 0 Å². The van der Waals surface area contributed by atoms with Gasteiger partial charge in [0.1, 0.15) is 0 Å². The Labute approximate surface area is 236 Å². The van der Waals surface area contributed by atoms with E-state index in [1.165, 1.54) is 148 Å². The van der Waals surface area contributed by atoms with Gasteiger partial charge in [0.2, 0.25) is 0 Å². The van der Waals surface area contributed by atoms with Gasteiger partial charge in [0.05, 0.1) is 0 Å². The standard InChI is InChI=1S/C37H72/c1-8-10-12-13-14-15-16-28-37(36(24-11-9-2)25-18-17-21-31(3)4)34(7)35-26-19-22-32(5)29-30-33(6)23-20-27-35/h31-33,35-37H,7-30H2,1-6H3. The lowest BCUT2D eigenvalue weighted by atomic mass is 9.71. The van der Waals surface area contributed by atoms with Crippen LogP contribution in [0.15, 0.2) is 12.2 Å². The van der Waals surface area contributed by atoms with Crippen molar-refractivity contribution in [1.29, 1.82) is 0 Å². The molecule has 0 aromatic rings. The van der Waals surface area contributed by atoms with E-state index in [1.54, 1.807) is 5.57 Å². The molecule has 0 amide bonds. The highest BCUT2D eigenvalue weighted by Crippen LogP contribution is 2.40. The first kappa shape index (κ1) is 34.8. The van der Waals surface area contributed by atoms with E-state index in [-0.39, 0.29) is 0 Å². The second-order valence-electron chi connectivity index (χ2n) is 14.0. The molecule has 0 N–H and O–H groups in total. The molecule has 1 fully saturated rings. The monoisotopic (exact) mass is 517 g/mol. The highest BCUT2D eigenvalue weighted by atomic mass is 14.3. The third kappa shape index (κ3) is 17.1. The SMILES string of the molecule is C=C(C1CCCC(C)CCC(C)CCC1)C(CCCCCCCCC)C(CCCC)CCCCC(C)C. The molecule has 0 saturated heterocycles. The zero-order valence-corrected chi connectivity index (χ0v) is 26.9. The molecule has 0 nitrogen and oxygen atoms in total. The fraction of sp³-hybridized carbons (Fsp3) is 0.946. The first-order chi connectivity index (χ1) is 17.9. The Hall–Kier alpha value is -0.260. The molecule has 1 rings (SSSR count). The van der Waals surface area contributed by atoms with Crippen LogP contribution in [-0.4, -0.2) is 0 Å². The van der Waals surface area contributed by atoms with Crippen LogP contribution in [0.1, 0.15) is 189 Å². The Morgan fingerprint density at radius 1 is 0.595 bits per heavy atom. The highest BCUT2D eigenvalue weighted by Gasteiger charge is 2.28. The molecule has 0 bridgehead atoms. The van der Waals surface area contributed by atoms with Crippen molar-refractivity contribution in [2.24, 2.45) is 35.5 Å². The van der Waals surface area contributed by atoms with Crippen LogP contribution in [0.2, 0.25) is 0 Å². The molecule has 4 unspecified atom stereocenters. The van der Waals surface area contributed by atoms with Crippen LogP contribution >= 0.6 is 0 Å². The van der Waals surface area contributed by atoms with Crippen LogP contribution < -0.4 is 0 Å². The second-order valence-corrected chi connectivity index (χ2v) is 14.0. The van der Waals surface area contributed by atoms with E-state index in [4.69, 9.17) is 6.58 Å². The van der Waals surface area contributed by atoms with Crippen molar-refractivity contribution in [1.82, 2.24) is 0 Å². The van der Waals surface area contributed by atoms with Gasteiger partial charge in [-0.1, -0.05) is 169 Å². The van der Waals surface area contributed by atoms with Crippen molar-refractivity contribution in [2.45, 2.75) is 189 Å². The average molecular weight is 517 g/mol. The molecule has 0 aliphatic heterocycles. The smallest absolute Gasteiger partial charge is 0.0175 e. The van der Waals surface area contributed by atoms with Crippen molar-refractivity contribution >= 4 is 0 Å². The fourth-order valence-electron chi connectivity index (χ4n) is 7.12. The number of hydrogen-bond acceptors (Lipinski definition) is 0. The minimum absolute atomic E-state index is 0.784. The summed E-state index contributed by atoms with van der Waals surface area (Å²) in [4.78, 5) is 0. The summed E-state index contributed by atoms with van der Waals surface area (Å²) in [6, 6.07) is 0. The van der Waals surface area contributed by atoms with Gasteiger partial charge in [-0.2, -0.15) is 0 Å². The van der Waals surface area contributed by atoms with Crippen LogP contribution in [-0.2, 0) is 0 Å². The maximum atomic E-state index is 4.99. The molecule has 0 aromatic heterocycles. The average Bonchev–Trinajstić information content (AvgIpc) is 2.91. The molecule has 1 aliphatic carbocycles. The van der Waals surface area contributed by atoms with Crippen LogP contribution in [0.5, 0.6) is 0 Å². The van der Waals surface area contributed by atoms with Crippen molar-refractivity contribution in [3.8, 4) is 0 Å². The Kier molecular flexibility index (Phi) is 21.2. The number of allylic oxidation sites excluding steroid dienone is 1. The summed E-state index contributed by atoms with van der Waals surface area (Å²) in [5, 5.41) is 0. The van der Waals surface area contributed by atoms with Gasteiger partial charge in [-0.25, -0.2) is 0 Å². The third-order valence-corrected chi connectivity index (χ3v) is 9.87. The predicted molar refractivity (Wildman–Crippen MR) is 170 cm³/mol. The maximum Gasteiger partial charge on any atom is -0.0175 e. The normalized spacial score (nSPS) is 23.5. The number of unbranched alkanes of at least 4 members (excludes halogenated alkanes) is 8. The van der Waals surface area contributed by atoms with E-state index in [2.05, 4.69) is 41.5 Å². The van der Waals surface area contributed by atoms with Gasteiger partial charge in [-0.3, -0.25) is 0 Å². The molecule has 220 valence electrons. The first-order valence-corrected chi connectivity index (χ1v) is 17.6.